The fourth-order valence-electron chi connectivity index (χ4n) is 2.20. The SMILES string of the molecule is OC1(C(F)(F)F)CC2(COCCN2)C1. The molecule has 2 rings (SSSR count). The van der Waals surface area contributed by atoms with Gasteiger partial charge in [0, 0.05) is 24.9 Å². The Balaban J connectivity index is 2.00. The normalized spacial score (nSPS) is 43.7. The Morgan fingerprint density at radius 2 is 1.93 bits per heavy atom. The Morgan fingerprint density at radius 3 is 2.36 bits per heavy atom. The molecule has 2 aliphatic rings. The summed E-state index contributed by atoms with van der Waals surface area (Å²) in [5, 5.41) is 12.2. The van der Waals surface area contributed by atoms with E-state index >= 15 is 0 Å². The molecule has 0 bridgehead atoms. The van der Waals surface area contributed by atoms with Crippen LogP contribution in [0.3, 0.4) is 0 Å². The summed E-state index contributed by atoms with van der Waals surface area (Å²) in [5.41, 5.74) is -3.16. The smallest absolute Gasteiger partial charge is 0.380 e. The lowest BCUT2D eigenvalue weighted by Crippen LogP contribution is -2.72. The lowest BCUT2D eigenvalue weighted by molar-refractivity contribution is -0.311. The van der Waals surface area contributed by atoms with Crippen molar-refractivity contribution in [3.63, 3.8) is 0 Å². The minimum Gasteiger partial charge on any atom is -0.380 e. The van der Waals surface area contributed by atoms with Crippen molar-refractivity contribution >= 4 is 0 Å². The van der Waals surface area contributed by atoms with Gasteiger partial charge >= 0.3 is 6.18 Å². The molecular weight excluding hydrogens is 199 g/mol. The molecule has 0 radical (unpaired) electrons. The van der Waals surface area contributed by atoms with Gasteiger partial charge in [0.2, 0.25) is 0 Å². The van der Waals surface area contributed by atoms with Gasteiger partial charge in [-0.3, -0.25) is 0 Å². The molecule has 1 spiro atoms. The van der Waals surface area contributed by atoms with E-state index in [0.717, 1.165) is 0 Å². The van der Waals surface area contributed by atoms with Gasteiger partial charge in [-0.1, -0.05) is 0 Å². The zero-order valence-corrected chi connectivity index (χ0v) is 7.52. The van der Waals surface area contributed by atoms with Gasteiger partial charge in [-0.2, -0.15) is 13.2 Å². The number of nitrogens with one attached hydrogen (secondary N) is 1. The van der Waals surface area contributed by atoms with Gasteiger partial charge in [0.15, 0.2) is 5.60 Å². The van der Waals surface area contributed by atoms with Crippen LogP contribution >= 0.6 is 0 Å². The van der Waals surface area contributed by atoms with E-state index in [-0.39, 0.29) is 19.4 Å². The topological polar surface area (TPSA) is 41.5 Å². The van der Waals surface area contributed by atoms with Crippen LogP contribution in [0.4, 0.5) is 13.2 Å². The molecule has 0 aromatic carbocycles. The van der Waals surface area contributed by atoms with E-state index < -0.39 is 17.3 Å². The molecular formula is C8H12F3NO2. The number of aliphatic hydroxyl groups is 1. The standard InChI is InChI=1S/C8H12F3NO2/c9-8(10,11)7(13)3-6(4-7)5-14-2-1-12-6/h12-13H,1-5H2. The van der Waals surface area contributed by atoms with E-state index in [2.05, 4.69) is 5.32 Å². The molecule has 0 aromatic heterocycles. The molecule has 0 unspecified atom stereocenters. The summed E-state index contributed by atoms with van der Waals surface area (Å²) in [6, 6.07) is 0. The number of hydrogen-bond donors (Lipinski definition) is 2. The fourth-order valence-corrected chi connectivity index (χ4v) is 2.20. The summed E-state index contributed by atoms with van der Waals surface area (Å²) in [6.07, 6.45) is -5.13. The van der Waals surface area contributed by atoms with E-state index in [0.29, 0.717) is 13.2 Å². The molecule has 2 N–H and O–H groups in total. The summed E-state index contributed by atoms with van der Waals surface area (Å²) in [7, 11) is 0. The Morgan fingerprint density at radius 1 is 1.29 bits per heavy atom. The number of halogens is 3. The highest BCUT2D eigenvalue weighted by atomic mass is 19.4. The van der Waals surface area contributed by atoms with E-state index in [1.165, 1.54) is 0 Å². The van der Waals surface area contributed by atoms with Crippen molar-refractivity contribution in [2.75, 3.05) is 19.8 Å². The second kappa shape index (κ2) is 2.84. The molecule has 0 amide bonds. The summed E-state index contributed by atoms with van der Waals surface area (Å²) in [4.78, 5) is 0. The van der Waals surface area contributed by atoms with Crippen molar-refractivity contribution in [3.8, 4) is 0 Å². The Hall–Kier alpha value is -0.330. The molecule has 0 atom stereocenters. The van der Waals surface area contributed by atoms with E-state index in [9.17, 15) is 18.3 Å². The van der Waals surface area contributed by atoms with Gasteiger partial charge in [-0.25, -0.2) is 0 Å². The van der Waals surface area contributed by atoms with Crippen molar-refractivity contribution in [2.24, 2.45) is 0 Å². The molecule has 1 aliphatic carbocycles. The third kappa shape index (κ3) is 1.41. The first-order chi connectivity index (χ1) is 6.37. The van der Waals surface area contributed by atoms with Crippen LogP contribution in [0.25, 0.3) is 0 Å². The number of morpholine rings is 1. The Bertz CT molecular complexity index is 227. The van der Waals surface area contributed by atoms with Gasteiger partial charge in [-0.05, 0) is 0 Å². The van der Waals surface area contributed by atoms with Crippen molar-refractivity contribution in [3.05, 3.63) is 0 Å². The average Bonchev–Trinajstić information content (AvgIpc) is 2.01. The molecule has 0 aromatic rings. The lowest BCUT2D eigenvalue weighted by Gasteiger charge is -2.55. The number of alkyl halides is 3. The summed E-state index contributed by atoms with van der Waals surface area (Å²) in [6.45, 7) is 1.32. The largest absolute Gasteiger partial charge is 0.417 e. The lowest BCUT2D eigenvalue weighted by atomic mass is 9.64. The Kier molecular flexibility index (Phi) is 2.06. The predicted octanol–water partition coefficient (Wildman–Crippen LogP) is 0.432. The molecule has 1 saturated heterocycles. The quantitative estimate of drug-likeness (QED) is 0.610. The molecule has 2 fully saturated rings. The van der Waals surface area contributed by atoms with Crippen LogP contribution in [0.5, 0.6) is 0 Å². The maximum Gasteiger partial charge on any atom is 0.417 e. The first-order valence-corrected chi connectivity index (χ1v) is 4.49. The number of ether oxygens (including phenoxy) is 1. The zero-order valence-electron chi connectivity index (χ0n) is 7.52. The van der Waals surface area contributed by atoms with Crippen molar-refractivity contribution in [1.82, 2.24) is 5.32 Å². The maximum atomic E-state index is 12.3. The van der Waals surface area contributed by atoms with Crippen molar-refractivity contribution in [2.45, 2.75) is 30.2 Å². The first-order valence-electron chi connectivity index (χ1n) is 4.49. The first kappa shape index (κ1) is 10.2. The highest BCUT2D eigenvalue weighted by Crippen LogP contribution is 2.51. The van der Waals surface area contributed by atoms with Crippen LogP contribution < -0.4 is 5.32 Å². The van der Waals surface area contributed by atoms with Gasteiger partial charge in [0.25, 0.3) is 0 Å². The Labute approximate surface area is 79.2 Å². The van der Waals surface area contributed by atoms with Crippen LogP contribution in [-0.2, 0) is 4.74 Å². The van der Waals surface area contributed by atoms with Crippen molar-refractivity contribution < 1.29 is 23.0 Å². The number of hydrogen-bond acceptors (Lipinski definition) is 3. The van der Waals surface area contributed by atoms with Crippen LogP contribution in [-0.4, -0.2) is 42.2 Å². The van der Waals surface area contributed by atoms with E-state index in [4.69, 9.17) is 4.74 Å². The second-order valence-electron chi connectivity index (χ2n) is 4.14. The molecule has 6 heteroatoms. The average molecular weight is 211 g/mol. The highest BCUT2D eigenvalue weighted by Gasteiger charge is 2.67. The van der Waals surface area contributed by atoms with E-state index in [1.54, 1.807) is 0 Å². The van der Waals surface area contributed by atoms with Gasteiger partial charge < -0.3 is 15.2 Å². The fraction of sp³-hybridized carbons (Fsp3) is 1.00. The third-order valence-electron chi connectivity index (χ3n) is 2.91. The minimum absolute atomic E-state index is 0.255. The van der Waals surface area contributed by atoms with Crippen LogP contribution in [0, 0.1) is 0 Å². The number of rotatable bonds is 0. The van der Waals surface area contributed by atoms with Gasteiger partial charge in [0.1, 0.15) is 0 Å². The van der Waals surface area contributed by atoms with E-state index in [1.807, 2.05) is 0 Å². The van der Waals surface area contributed by atoms with Crippen LogP contribution in [0.2, 0.25) is 0 Å². The molecule has 1 heterocycles. The monoisotopic (exact) mass is 211 g/mol. The zero-order chi connectivity index (χ0) is 10.4. The van der Waals surface area contributed by atoms with Crippen LogP contribution in [0.15, 0.2) is 0 Å². The highest BCUT2D eigenvalue weighted by molar-refractivity contribution is 5.14. The summed E-state index contributed by atoms with van der Waals surface area (Å²) in [5.74, 6) is 0. The minimum atomic E-state index is -4.53. The van der Waals surface area contributed by atoms with Crippen molar-refractivity contribution in [1.29, 1.82) is 0 Å². The summed E-state index contributed by atoms with van der Waals surface area (Å²) >= 11 is 0. The molecule has 14 heavy (non-hydrogen) atoms. The molecule has 82 valence electrons. The van der Waals surface area contributed by atoms with Gasteiger partial charge in [-0.15, -0.1) is 0 Å². The summed E-state index contributed by atoms with van der Waals surface area (Å²) < 4.78 is 42.0. The molecule has 1 saturated carbocycles. The maximum absolute atomic E-state index is 12.3. The predicted molar refractivity (Wildman–Crippen MR) is 41.8 cm³/mol. The molecule has 1 aliphatic heterocycles. The van der Waals surface area contributed by atoms with Gasteiger partial charge in [0.05, 0.1) is 13.2 Å². The second-order valence-corrected chi connectivity index (χ2v) is 4.14. The molecule has 3 nitrogen and oxygen atoms in total. The van der Waals surface area contributed by atoms with Crippen LogP contribution in [0.1, 0.15) is 12.8 Å². The third-order valence-corrected chi connectivity index (χ3v) is 2.91.